The van der Waals surface area contributed by atoms with Gasteiger partial charge in [-0.25, -0.2) is 9.13 Å². The van der Waals surface area contributed by atoms with Crippen molar-refractivity contribution in [3.63, 3.8) is 0 Å². The van der Waals surface area contributed by atoms with Crippen LogP contribution in [-0.4, -0.2) is 103 Å². The molecule has 16 nitrogen and oxygen atoms in total. The van der Waals surface area contributed by atoms with E-state index in [0.29, 0.717) is 12.8 Å². The molecule has 1 aliphatic carbocycles. The van der Waals surface area contributed by atoms with Crippen LogP contribution < -0.4 is 0 Å². The summed E-state index contributed by atoms with van der Waals surface area (Å²) >= 11 is 0. The number of allylic oxidation sites excluding steroid dienone is 4. The highest BCUT2D eigenvalue weighted by molar-refractivity contribution is 7.47. The summed E-state index contributed by atoms with van der Waals surface area (Å²) < 4.78 is 49.4. The van der Waals surface area contributed by atoms with E-state index < -0.39 is 83.5 Å². The van der Waals surface area contributed by atoms with Gasteiger partial charge >= 0.3 is 27.6 Å². The van der Waals surface area contributed by atoms with Gasteiger partial charge in [0.05, 0.1) is 6.61 Å². The van der Waals surface area contributed by atoms with Gasteiger partial charge in [0.1, 0.15) is 43.2 Å². The van der Waals surface area contributed by atoms with Gasteiger partial charge in [0.25, 0.3) is 0 Å². The molecular weight excluding hydrogens is 858 g/mol. The van der Waals surface area contributed by atoms with Gasteiger partial charge in [0, 0.05) is 12.8 Å². The number of aliphatic hydroxyl groups is 4. The molecule has 0 heterocycles. The second kappa shape index (κ2) is 36.6. The third-order valence-corrected chi connectivity index (χ3v) is 12.5. The predicted molar refractivity (Wildman–Crippen MR) is 241 cm³/mol. The summed E-state index contributed by atoms with van der Waals surface area (Å²) in [6.07, 6.45) is 22.8. The molecule has 0 spiro atoms. The maximum absolute atomic E-state index is 13.0. The Morgan fingerprint density at radius 3 is 1.30 bits per heavy atom. The first-order chi connectivity index (χ1) is 30.1. The van der Waals surface area contributed by atoms with E-state index in [1.54, 1.807) is 0 Å². The molecule has 63 heavy (non-hydrogen) atoms. The Labute approximate surface area is 377 Å². The lowest BCUT2D eigenvalue weighted by Gasteiger charge is -2.43. The lowest BCUT2D eigenvalue weighted by Crippen LogP contribution is -2.64. The Balaban J connectivity index is 2.60. The van der Waals surface area contributed by atoms with Crippen molar-refractivity contribution in [2.75, 3.05) is 13.2 Å². The average Bonchev–Trinajstić information content (AvgIpc) is 3.23. The Kier molecular flexibility index (Phi) is 34.5. The topological polar surface area (TPSA) is 256 Å². The fraction of sp³-hybridized carbons (Fsp3) is 0.867. The van der Waals surface area contributed by atoms with Gasteiger partial charge in [0.15, 0.2) is 6.10 Å². The highest BCUT2D eigenvalue weighted by Crippen LogP contribution is 2.49. The third-order valence-electron chi connectivity index (χ3n) is 11.0. The Bertz CT molecular complexity index is 1330. The van der Waals surface area contributed by atoms with Crippen LogP contribution in [0.3, 0.4) is 0 Å². The van der Waals surface area contributed by atoms with E-state index in [-0.39, 0.29) is 12.8 Å². The van der Waals surface area contributed by atoms with Crippen molar-refractivity contribution in [1.82, 2.24) is 0 Å². The summed E-state index contributed by atoms with van der Waals surface area (Å²) in [4.78, 5) is 54.2. The molecule has 5 unspecified atom stereocenters. The first-order valence-electron chi connectivity index (χ1n) is 23.9. The Morgan fingerprint density at radius 2 is 0.873 bits per heavy atom. The summed E-state index contributed by atoms with van der Waals surface area (Å²) in [5.41, 5.74) is 0. The van der Waals surface area contributed by atoms with Gasteiger partial charge in [-0.15, -0.1) is 0 Å². The molecule has 0 aliphatic heterocycles. The average molecular weight is 943 g/mol. The Morgan fingerprint density at radius 1 is 0.492 bits per heavy atom. The molecule has 7 N–H and O–H groups in total. The zero-order valence-electron chi connectivity index (χ0n) is 38.3. The molecule has 0 aromatic carbocycles. The van der Waals surface area contributed by atoms with E-state index in [1.807, 2.05) is 0 Å². The number of hydrogen-bond donors (Lipinski definition) is 7. The van der Waals surface area contributed by atoms with E-state index in [0.717, 1.165) is 77.0 Å². The minimum atomic E-state index is -5.36. The largest absolute Gasteiger partial charge is 0.472 e. The fourth-order valence-electron chi connectivity index (χ4n) is 7.25. The molecule has 0 radical (unpaired) electrons. The number of hydrogen-bond acceptors (Lipinski definition) is 13. The lowest BCUT2D eigenvalue weighted by molar-refractivity contribution is -0.216. The second-order valence-corrected chi connectivity index (χ2v) is 19.4. The second-order valence-electron chi connectivity index (χ2n) is 16.8. The van der Waals surface area contributed by atoms with E-state index in [1.165, 1.54) is 77.0 Å². The summed E-state index contributed by atoms with van der Waals surface area (Å²) in [5, 5.41) is 41.2. The number of rotatable bonds is 40. The molecule has 18 heteroatoms. The van der Waals surface area contributed by atoms with Crippen molar-refractivity contribution < 1.29 is 76.9 Å². The van der Waals surface area contributed by atoms with Gasteiger partial charge in [-0.05, 0) is 64.2 Å². The first-order valence-corrected chi connectivity index (χ1v) is 26.9. The fourth-order valence-corrected chi connectivity index (χ4v) is 8.79. The molecule has 370 valence electrons. The zero-order chi connectivity index (χ0) is 46.8. The monoisotopic (exact) mass is 943 g/mol. The van der Waals surface area contributed by atoms with Gasteiger partial charge in [-0.1, -0.05) is 141 Å². The number of phosphoric ester groups is 2. The normalized spacial score (nSPS) is 22.1. The quantitative estimate of drug-likeness (QED) is 0.0131. The molecule has 1 rings (SSSR count). The van der Waals surface area contributed by atoms with Crippen LogP contribution in [0, 0.1) is 0 Å². The molecule has 1 saturated carbocycles. The number of ether oxygens (including phenoxy) is 2. The molecule has 1 fully saturated rings. The number of carbonyl (C=O) groups is 2. The molecule has 0 aromatic rings. The highest BCUT2D eigenvalue weighted by atomic mass is 31.2. The summed E-state index contributed by atoms with van der Waals surface area (Å²) in [5.74, 6) is -1.22. The van der Waals surface area contributed by atoms with E-state index in [2.05, 4.69) is 42.7 Å². The zero-order valence-corrected chi connectivity index (χ0v) is 40.1. The lowest BCUT2D eigenvalue weighted by atomic mass is 9.85. The van der Waals surface area contributed by atoms with Crippen LogP contribution >= 0.6 is 15.6 Å². The smallest absolute Gasteiger partial charge is 0.462 e. The van der Waals surface area contributed by atoms with Gasteiger partial charge in [-0.3, -0.25) is 23.2 Å². The van der Waals surface area contributed by atoms with Gasteiger partial charge in [0.2, 0.25) is 0 Å². The summed E-state index contributed by atoms with van der Waals surface area (Å²) in [7, 11) is -10.7. The summed E-state index contributed by atoms with van der Waals surface area (Å²) in [6.45, 7) is 3.09. The van der Waals surface area contributed by atoms with E-state index >= 15 is 0 Å². The third kappa shape index (κ3) is 31.2. The van der Waals surface area contributed by atoms with Crippen LogP contribution in [0.15, 0.2) is 24.3 Å². The van der Waals surface area contributed by atoms with E-state index in [4.69, 9.17) is 28.3 Å². The predicted octanol–water partition coefficient (Wildman–Crippen LogP) is 8.95. The van der Waals surface area contributed by atoms with Crippen molar-refractivity contribution in [2.24, 2.45) is 0 Å². The van der Waals surface area contributed by atoms with Crippen molar-refractivity contribution in [3.8, 4) is 0 Å². The van der Waals surface area contributed by atoms with Crippen molar-refractivity contribution >= 4 is 27.6 Å². The minimum Gasteiger partial charge on any atom is -0.462 e. The number of aliphatic hydroxyl groups excluding tert-OH is 4. The molecule has 1 aliphatic rings. The van der Waals surface area contributed by atoms with Gasteiger partial charge in [-0.2, -0.15) is 0 Å². The van der Waals surface area contributed by atoms with Crippen LogP contribution in [-0.2, 0) is 41.8 Å². The molecule has 8 atom stereocenters. The molecular formula is C45H84O16P2. The minimum absolute atomic E-state index is 0.0342. The van der Waals surface area contributed by atoms with Crippen LogP contribution in [0.5, 0.6) is 0 Å². The van der Waals surface area contributed by atoms with Crippen LogP contribution in [0.2, 0.25) is 0 Å². The Hall–Kier alpha value is -1.52. The molecule has 0 aromatic heterocycles. The molecule has 0 amide bonds. The number of phosphoric acid groups is 2. The standard InChI is InChI=1S/C45H84O16P2/c1-3-5-7-9-11-13-15-17-19-21-23-25-27-29-31-33-38(46)57-35-37(59-39(47)34-32-30-28-26-24-22-20-18-16-14-12-10-8-6-4-2)36-58-63(55,56)61-45-42(50)40(48)41(49)44(43(45)51)60-62(52,53)54/h17-20,37,40-45,48-51H,3-16,21-36H2,1-2H3,(H,55,56)(H2,52,53,54)/t37-,40?,41?,42?,43?,44-,45+/m1/s1. The molecule has 0 saturated heterocycles. The maximum Gasteiger partial charge on any atom is 0.472 e. The SMILES string of the molecule is CCCCCCCCC=CCCCCCCCC(=O)OC[C@H](COP(=O)(O)O[C@H]1C(O)C(O)C(O)[C@@H](OP(=O)(O)O)C1O)OC(=O)CCCCCCCC=CCCCCCCCC. The van der Waals surface area contributed by atoms with Crippen molar-refractivity contribution in [3.05, 3.63) is 24.3 Å². The van der Waals surface area contributed by atoms with Crippen molar-refractivity contribution in [2.45, 2.75) is 236 Å². The van der Waals surface area contributed by atoms with Crippen LogP contribution in [0.25, 0.3) is 0 Å². The van der Waals surface area contributed by atoms with Crippen molar-refractivity contribution in [1.29, 1.82) is 0 Å². The molecule has 0 bridgehead atoms. The first kappa shape index (κ1) is 59.5. The highest BCUT2D eigenvalue weighted by Gasteiger charge is 2.54. The van der Waals surface area contributed by atoms with Crippen LogP contribution in [0.1, 0.15) is 194 Å². The van der Waals surface area contributed by atoms with E-state index in [9.17, 15) is 44.0 Å². The summed E-state index contributed by atoms with van der Waals surface area (Å²) in [6, 6.07) is 0. The van der Waals surface area contributed by atoms with Crippen LogP contribution in [0.4, 0.5) is 0 Å². The number of esters is 2. The number of unbranched alkanes of at least 4 members (excludes halogenated alkanes) is 22. The van der Waals surface area contributed by atoms with Gasteiger partial charge < -0.3 is 44.6 Å². The number of carbonyl (C=O) groups excluding carboxylic acids is 2. The maximum atomic E-state index is 13.0.